The quantitative estimate of drug-likeness (QED) is 0.684. The Morgan fingerprint density at radius 3 is 1.50 bits per heavy atom. The van der Waals surface area contributed by atoms with Crippen molar-refractivity contribution in [1.82, 2.24) is 0 Å². The summed E-state index contributed by atoms with van der Waals surface area (Å²) in [6.45, 7) is 2.12. The Balaban J connectivity index is 3.62. The van der Waals surface area contributed by atoms with Gasteiger partial charge in [0.05, 0.1) is 5.41 Å². The molecular weight excluding hydrogens is 260 g/mol. The topological polar surface area (TPSA) is 126 Å². The minimum Gasteiger partial charge on any atom is -0.299 e. The van der Waals surface area contributed by atoms with E-state index in [0.29, 0.717) is 0 Å². The molecule has 0 spiro atoms. The number of carbonyl (C=O) groups excluding carboxylic acids is 1. The first-order valence-electron chi connectivity index (χ1n) is 4.35. The first kappa shape index (κ1) is 13.6. The summed E-state index contributed by atoms with van der Waals surface area (Å²) >= 11 is 0. The van der Waals surface area contributed by atoms with Crippen molar-refractivity contribution in [3.05, 3.63) is 0 Å². The van der Waals surface area contributed by atoms with Crippen LogP contribution in [0.3, 0.4) is 0 Å². The van der Waals surface area contributed by atoms with Crippen LogP contribution in [-0.2, 0) is 25.0 Å². The predicted molar refractivity (Wildman–Crippen MR) is 53.9 cm³/mol. The molecule has 1 aliphatic carbocycles. The summed E-state index contributed by atoms with van der Waals surface area (Å²) < 4.78 is 59.8. The lowest BCUT2D eigenvalue weighted by molar-refractivity contribution is -0.131. The molecule has 16 heavy (non-hydrogen) atoms. The van der Waals surface area contributed by atoms with E-state index in [1.54, 1.807) is 0 Å². The van der Waals surface area contributed by atoms with Gasteiger partial charge in [-0.05, 0) is 26.7 Å². The predicted octanol–water partition coefficient (Wildman–Crippen LogP) is -0.153. The summed E-state index contributed by atoms with van der Waals surface area (Å²) in [7, 11) is -10.2. The molecule has 1 atom stereocenters. The van der Waals surface area contributed by atoms with Gasteiger partial charge >= 0.3 is 0 Å². The highest BCUT2D eigenvalue weighted by Crippen LogP contribution is 2.57. The van der Waals surface area contributed by atoms with Crippen molar-refractivity contribution < 1.29 is 30.7 Å². The van der Waals surface area contributed by atoms with Gasteiger partial charge < -0.3 is 0 Å². The minimum absolute atomic E-state index is 0.0259. The molecule has 0 aromatic rings. The third-order valence-corrected chi connectivity index (χ3v) is 7.64. The Morgan fingerprint density at radius 2 is 1.44 bits per heavy atom. The second kappa shape index (κ2) is 3.25. The fraction of sp³-hybridized carbons (Fsp3) is 0.857. The van der Waals surface area contributed by atoms with Gasteiger partial charge in [-0.15, -0.1) is 0 Å². The molecule has 0 aromatic carbocycles. The van der Waals surface area contributed by atoms with Crippen molar-refractivity contribution in [3.63, 3.8) is 0 Å². The number of rotatable bonds is 3. The summed E-state index contributed by atoms with van der Waals surface area (Å²) in [5, 5.41) is 0. The summed E-state index contributed by atoms with van der Waals surface area (Å²) in [4.78, 5) is 11.3. The Hall–Kier alpha value is -0.510. The number of carbonyl (C=O) groups is 1. The van der Waals surface area contributed by atoms with Crippen molar-refractivity contribution in [2.24, 2.45) is 5.41 Å². The van der Waals surface area contributed by atoms with Crippen molar-refractivity contribution in [2.75, 3.05) is 0 Å². The van der Waals surface area contributed by atoms with Gasteiger partial charge in [0.2, 0.25) is 4.08 Å². The van der Waals surface area contributed by atoms with Crippen LogP contribution in [0.4, 0.5) is 0 Å². The van der Waals surface area contributed by atoms with Crippen molar-refractivity contribution >= 4 is 26.0 Å². The molecule has 94 valence electrons. The van der Waals surface area contributed by atoms with E-state index < -0.39 is 41.9 Å². The highest BCUT2D eigenvalue weighted by Gasteiger charge is 2.74. The lowest BCUT2D eigenvalue weighted by Gasteiger charge is -2.50. The smallest absolute Gasteiger partial charge is 0.288 e. The zero-order valence-corrected chi connectivity index (χ0v) is 10.3. The van der Waals surface area contributed by atoms with E-state index in [2.05, 4.69) is 0 Å². The molecule has 2 N–H and O–H groups in total. The van der Waals surface area contributed by atoms with Crippen molar-refractivity contribution in [1.29, 1.82) is 0 Å². The van der Waals surface area contributed by atoms with Crippen molar-refractivity contribution in [3.8, 4) is 0 Å². The molecule has 0 bridgehead atoms. The molecule has 0 amide bonds. The van der Waals surface area contributed by atoms with E-state index in [9.17, 15) is 21.6 Å². The highest BCUT2D eigenvalue weighted by molar-refractivity contribution is 8.05. The number of Topliss-reactive ketones (excluding diaryl/α,β-unsaturated/α-hetero) is 1. The van der Waals surface area contributed by atoms with Crippen LogP contribution < -0.4 is 0 Å². The Morgan fingerprint density at radius 1 is 1.06 bits per heavy atom. The zero-order valence-electron chi connectivity index (χ0n) is 8.67. The third-order valence-electron chi connectivity index (χ3n) is 3.41. The van der Waals surface area contributed by atoms with Gasteiger partial charge in [-0.3, -0.25) is 13.9 Å². The first-order valence-corrected chi connectivity index (χ1v) is 7.23. The normalized spacial score (nSPS) is 29.5. The molecule has 1 fully saturated rings. The highest BCUT2D eigenvalue weighted by atomic mass is 32.3. The van der Waals surface area contributed by atoms with E-state index in [1.165, 1.54) is 0 Å². The van der Waals surface area contributed by atoms with E-state index in [1.807, 2.05) is 0 Å². The van der Waals surface area contributed by atoms with Crippen LogP contribution in [0.25, 0.3) is 0 Å². The molecule has 7 nitrogen and oxygen atoms in total. The summed E-state index contributed by atoms with van der Waals surface area (Å²) in [6.07, 6.45) is -0.525. The van der Waals surface area contributed by atoms with E-state index in [4.69, 9.17) is 9.11 Å². The zero-order chi connectivity index (χ0) is 13.0. The van der Waals surface area contributed by atoms with Gasteiger partial charge in [0, 0.05) is 0 Å². The Labute approximate surface area is 93.3 Å². The molecule has 1 unspecified atom stereocenters. The average molecular weight is 272 g/mol. The standard InChI is InChI=1S/C7H12O7S2/c1-5(8)6(2)3-4-7(6,15(9,10)11)16(12,13)14/h3-4H2,1-2H3,(H,9,10,11)(H,12,13,14). The van der Waals surface area contributed by atoms with Crippen LogP contribution in [0.1, 0.15) is 26.7 Å². The maximum absolute atomic E-state index is 11.3. The molecule has 0 heterocycles. The van der Waals surface area contributed by atoms with Crippen LogP contribution in [0.2, 0.25) is 0 Å². The van der Waals surface area contributed by atoms with Gasteiger partial charge in [-0.1, -0.05) is 0 Å². The lowest BCUT2D eigenvalue weighted by Crippen LogP contribution is -2.67. The molecule has 1 rings (SSSR count). The van der Waals surface area contributed by atoms with Crippen LogP contribution in [0.5, 0.6) is 0 Å². The number of ketones is 1. The van der Waals surface area contributed by atoms with E-state index in [0.717, 1.165) is 13.8 Å². The van der Waals surface area contributed by atoms with Crippen LogP contribution in [0, 0.1) is 5.41 Å². The van der Waals surface area contributed by atoms with Crippen LogP contribution >= 0.6 is 0 Å². The second-order valence-corrected chi connectivity index (χ2v) is 7.64. The molecule has 0 saturated heterocycles. The molecule has 0 aromatic heterocycles. The molecule has 1 saturated carbocycles. The van der Waals surface area contributed by atoms with Gasteiger partial charge in [0.25, 0.3) is 20.2 Å². The van der Waals surface area contributed by atoms with Gasteiger partial charge in [-0.25, -0.2) is 0 Å². The maximum atomic E-state index is 11.3. The second-order valence-electron chi connectivity index (χ2n) is 4.09. The first-order chi connectivity index (χ1) is 6.90. The van der Waals surface area contributed by atoms with Gasteiger partial charge in [0.15, 0.2) is 0 Å². The lowest BCUT2D eigenvalue weighted by atomic mass is 9.66. The summed E-state index contributed by atoms with van der Waals surface area (Å²) in [5.41, 5.74) is -1.81. The minimum atomic E-state index is -5.10. The van der Waals surface area contributed by atoms with Crippen LogP contribution in [0.15, 0.2) is 0 Å². The number of hydrogen-bond acceptors (Lipinski definition) is 5. The molecule has 9 heteroatoms. The largest absolute Gasteiger partial charge is 0.299 e. The van der Waals surface area contributed by atoms with Gasteiger partial charge in [0.1, 0.15) is 5.78 Å². The number of hydrogen-bond donors (Lipinski definition) is 2. The Bertz CT molecular complexity index is 497. The van der Waals surface area contributed by atoms with E-state index >= 15 is 0 Å². The third kappa shape index (κ3) is 1.35. The monoisotopic (exact) mass is 272 g/mol. The van der Waals surface area contributed by atoms with E-state index in [-0.39, 0.29) is 6.42 Å². The molecule has 0 radical (unpaired) electrons. The summed E-state index contributed by atoms with van der Waals surface area (Å²) in [6, 6.07) is 0. The average Bonchev–Trinajstić information content (AvgIpc) is 1.94. The van der Waals surface area contributed by atoms with Gasteiger partial charge in [-0.2, -0.15) is 16.8 Å². The molecule has 1 aliphatic rings. The fourth-order valence-corrected chi connectivity index (χ4v) is 5.52. The molecular formula is C7H12O7S2. The van der Waals surface area contributed by atoms with Crippen molar-refractivity contribution in [2.45, 2.75) is 30.8 Å². The fourth-order valence-electron chi connectivity index (χ4n) is 2.11. The van der Waals surface area contributed by atoms with Crippen LogP contribution in [-0.4, -0.2) is 35.8 Å². The molecule has 0 aliphatic heterocycles. The SMILES string of the molecule is CC(=O)C1(C)CCC1(S(=O)(=O)O)S(=O)(=O)O. The Kier molecular flexibility index (Phi) is 2.75. The summed E-state index contributed by atoms with van der Waals surface area (Å²) in [5.74, 6) is -0.714. The maximum Gasteiger partial charge on any atom is 0.288 e.